The molecule has 0 amide bonds. The maximum absolute atomic E-state index is 11.7. The maximum Gasteiger partial charge on any atom is 0.330 e. The minimum atomic E-state index is -0.313. The molecule has 3 nitrogen and oxygen atoms in total. The van der Waals surface area contributed by atoms with Crippen LogP contribution in [0.3, 0.4) is 0 Å². The highest BCUT2D eigenvalue weighted by atomic mass is 16.5. The van der Waals surface area contributed by atoms with Gasteiger partial charge in [-0.3, -0.25) is 0 Å². The number of aromatic nitrogens is 1. The van der Waals surface area contributed by atoms with Crippen LogP contribution in [0.1, 0.15) is 18.9 Å². The number of ether oxygens (including phenoxy) is 1. The molecule has 0 aliphatic rings. The Morgan fingerprint density at radius 1 is 1.05 bits per heavy atom. The summed E-state index contributed by atoms with van der Waals surface area (Å²) in [5.74, 6) is -0.313. The lowest BCUT2D eigenvalue weighted by atomic mass is 10.0. The van der Waals surface area contributed by atoms with Gasteiger partial charge in [0, 0.05) is 16.8 Å². The maximum atomic E-state index is 11.7. The van der Waals surface area contributed by atoms with Crippen LogP contribution in [0.25, 0.3) is 27.9 Å². The Kier molecular flexibility index (Phi) is 4.15. The van der Waals surface area contributed by atoms with Gasteiger partial charge in [-0.25, -0.2) is 9.78 Å². The number of hydrogen-bond acceptors (Lipinski definition) is 3. The summed E-state index contributed by atoms with van der Waals surface area (Å²) >= 11 is 0. The molecule has 0 bridgehead atoms. The van der Waals surface area contributed by atoms with Gasteiger partial charge in [-0.2, -0.15) is 0 Å². The van der Waals surface area contributed by atoms with Gasteiger partial charge in [-0.05, 0) is 30.2 Å². The number of carbonyl (C=O) groups is 1. The third kappa shape index (κ3) is 2.84. The number of esters is 1. The van der Waals surface area contributed by atoms with Crippen LogP contribution in [-0.2, 0) is 9.53 Å². The van der Waals surface area contributed by atoms with Gasteiger partial charge < -0.3 is 4.74 Å². The molecule has 0 spiro atoms. The highest BCUT2D eigenvalue weighted by molar-refractivity contribution is 6.04. The largest absolute Gasteiger partial charge is 0.463 e. The fourth-order valence-electron chi connectivity index (χ4n) is 2.45. The van der Waals surface area contributed by atoms with Gasteiger partial charge >= 0.3 is 5.97 Å². The number of nitrogens with zero attached hydrogens (tertiary/aromatic N) is 1. The molecule has 22 heavy (non-hydrogen) atoms. The lowest BCUT2D eigenvalue weighted by Gasteiger charge is -2.07. The fraction of sp³-hybridized carbons (Fsp3) is 0.158. The van der Waals surface area contributed by atoms with Crippen LogP contribution in [0.5, 0.6) is 0 Å². The summed E-state index contributed by atoms with van der Waals surface area (Å²) in [7, 11) is 0. The van der Waals surface area contributed by atoms with E-state index in [4.69, 9.17) is 4.74 Å². The van der Waals surface area contributed by atoms with Crippen molar-refractivity contribution in [1.82, 2.24) is 4.98 Å². The minimum Gasteiger partial charge on any atom is -0.463 e. The zero-order valence-electron chi connectivity index (χ0n) is 12.5. The predicted molar refractivity (Wildman–Crippen MR) is 89.5 cm³/mol. The van der Waals surface area contributed by atoms with E-state index in [1.807, 2.05) is 61.5 Å². The lowest BCUT2D eigenvalue weighted by Crippen LogP contribution is -2.00. The number of fused-ring (bicyclic) bond motifs is 2. The van der Waals surface area contributed by atoms with E-state index in [1.54, 1.807) is 0 Å². The molecule has 0 aliphatic heterocycles. The van der Waals surface area contributed by atoms with E-state index in [0.717, 1.165) is 33.8 Å². The second-order valence-electron chi connectivity index (χ2n) is 5.06. The van der Waals surface area contributed by atoms with E-state index in [1.165, 1.54) is 6.08 Å². The molecule has 0 N–H and O–H groups in total. The number of hydrogen-bond donors (Lipinski definition) is 0. The normalized spacial score (nSPS) is 11.3. The summed E-state index contributed by atoms with van der Waals surface area (Å²) in [5.41, 5.74) is 2.83. The van der Waals surface area contributed by atoms with Crippen molar-refractivity contribution in [2.45, 2.75) is 13.3 Å². The SMILES string of the molecule is CCCOC(=O)/C=C/c1c2ccccc2nc2ccccc12. The highest BCUT2D eigenvalue weighted by Gasteiger charge is 2.06. The lowest BCUT2D eigenvalue weighted by molar-refractivity contribution is -0.137. The Morgan fingerprint density at radius 2 is 1.64 bits per heavy atom. The Labute approximate surface area is 129 Å². The Morgan fingerprint density at radius 3 is 2.23 bits per heavy atom. The molecule has 0 fully saturated rings. The summed E-state index contributed by atoms with van der Waals surface area (Å²) in [6.45, 7) is 2.42. The van der Waals surface area contributed by atoms with Crippen LogP contribution in [0.2, 0.25) is 0 Å². The quantitative estimate of drug-likeness (QED) is 0.407. The van der Waals surface area contributed by atoms with Crippen LogP contribution < -0.4 is 0 Å². The molecule has 3 rings (SSSR count). The smallest absolute Gasteiger partial charge is 0.330 e. The zero-order chi connectivity index (χ0) is 15.4. The summed E-state index contributed by atoms with van der Waals surface area (Å²) in [6.07, 6.45) is 4.13. The van der Waals surface area contributed by atoms with Crippen LogP contribution in [0.15, 0.2) is 54.6 Å². The van der Waals surface area contributed by atoms with Crippen LogP contribution >= 0.6 is 0 Å². The van der Waals surface area contributed by atoms with Gasteiger partial charge in [0.1, 0.15) is 0 Å². The summed E-state index contributed by atoms with van der Waals surface area (Å²) in [5, 5.41) is 2.06. The van der Waals surface area contributed by atoms with E-state index in [9.17, 15) is 4.79 Å². The Hall–Kier alpha value is -2.68. The van der Waals surface area contributed by atoms with E-state index in [0.29, 0.717) is 6.61 Å². The van der Waals surface area contributed by atoms with Crippen LogP contribution in [-0.4, -0.2) is 17.6 Å². The summed E-state index contributed by atoms with van der Waals surface area (Å²) in [6, 6.07) is 15.9. The molecule has 1 aromatic heterocycles. The van der Waals surface area contributed by atoms with Gasteiger partial charge in [-0.1, -0.05) is 43.3 Å². The standard InChI is InChI=1S/C19H17NO2/c1-2-13-22-19(21)12-11-14-15-7-3-5-9-17(15)20-18-10-6-4-8-16(14)18/h3-12H,2,13H2,1H3/b12-11+. The first-order valence-electron chi connectivity index (χ1n) is 7.42. The number of benzene rings is 2. The second kappa shape index (κ2) is 6.39. The Balaban J connectivity index is 2.12. The molecule has 3 aromatic rings. The third-order valence-electron chi connectivity index (χ3n) is 3.46. The molecule has 0 saturated heterocycles. The van der Waals surface area contributed by atoms with Gasteiger partial charge in [0.2, 0.25) is 0 Å². The van der Waals surface area contributed by atoms with Crippen molar-refractivity contribution >= 4 is 33.9 Å². The molecular formula is C19H17NO2. The molecular weight excluding hydrogens is 274 g/mol. The first-order valence-corrected chi connectivity index (χ1v) is 7.42. The average molecular weight is 291 g/mol. The molecule has 0 unspecified atom stereocenters. The first-order chi connectivity index (χ1) is 10.8. The average Bonchev–Trinajstić information content (AvgIpc) is 2.56. The fourth-order valence-corrected chi connectivity index (χ4v) is 2.45. The number of carbonyl (C=O) groups excluding carboxylic acids is 1. The highest BCUT2D eigenvalue weighted by Crippen LogP contribution is 2.26. The third-order valence-corrected chi connectivity index (χ3v) is 3.46. The predicted octanol–water partition coefficient (Wildman–Crippen LogP) is 4.35. The van der Waals surface area contributed by atoms with Crippen molar-refractivity contribution in [3.05, 3.63) is 60.2 Å². The minimum absolute atomic E-state index is 0.313. The second-order valence-corrected chi connectivity index (χ2v) is 5.06. The monoisotopic (exact) mass is 291 g/mol. The summed E-state index contributed by atoms with van der Waals surface area (Å²) < 4.78 is 5.10. The molecule has 2 aromatic carbocycles. The van der Waals surface area contributed by atoms with E-state index >= 15 is 0 Å². The molecule has 0 atom stereocenters. The molecule has 0 aliphatic carbocycles. The Bertz CT molecular complexity index is 798. The van der Waals surface area contributed by atoms with E-state index in [-0.39, 0.29) is 5.97 Å². The topological polar surface area (TPSA) is 39.2 Å². The molecule has 1 heterocycles. The van der Waals surface area contributed by atoms with Crippen molar-refractivity contribution in [2.24, 2.45) is 0 Å². The van der Waals surface area contributed by atoms with Gasteiger partial charge in [-0.15, -0.1) is 0 Å². The zero-order valence-corrected chi connectivity index (χ0v) is 12.5. The molecule has 3 heteroatoms. The van der Waals surface area contributed by atoms with Crippen molar-refractivity contribution in [2.75, 3.05) is 6.61 Å². The van der Waals surface area contributed by atoms with Crippen LogP contribution in [0.4, 0.5) is 0 Å². The molecule has 0 saturated carbocycles. The van der Waals surface area contributed by atoms with Crippen molar-refractivity contribution in [3.8, 4) is 0 Å². The molecule has 0 radical (unpaired) electrons. The van der Waals surface area contributed by atoms with E-state index < -0.39 is 0 Å². The van der Waals surface area contributed by atoms with Crippen molar-refractivity contribution in [1.29, 1.82) is 0 Å². The van der Waals surface area contributed by atoms with Gasteiger partial charge in [0.15, 0.2) is 0 Å². The first kappa shape index (κ1) is 14.3. The summed E-state index contributed by atoms with van der Waals surface area (Å²) in [4.78, 5) is 16.4. The number of pyridine rings is 1. The molecule has 110 valence electrons. The van der Waals surface area contributed by atoms with Crippen molar-refractivity contribution in [3.63, 3.8) is 0 Å². The number of rotatable bonds is 4. The van der Waals surface area contributed by atoms with Gasteiger partial charge in [0.25, 0.3) is 0 Å². The van der Waals surface area contributed by atoms with E-state index in [2.05, 4.69) is 4.98 Å². The van der Waals surface area contributed by atoms with Gasteiger partial charge in [0.05, 0.1) is 17.6 Å². The van der Waals surface area contributed by atoms with Crippen LogP contribution in [0, 0.1) is 0 Å². The van der Waals surface area contributed by atoms with Crippen molar-refractivity contribution < 1.29 is 9.53 Å². The number of para-hydroxylation sites is 2.